The number of nitrogens with one attached hydrogen (secondary N) is 1. The molecule has 1 fully saturated rings. The molecule has 0 amide bonds. The normalized spacial score (nSPS) is 24.9. The van der Waals surface area contributed by atoms with Crippen LogP contribution in [0.25, 0.3) is 0 Å². The number of fused-ring (bicyclic) bond motifs is 3. The smallest absolute Gasteiger partial charge is 0.213 e. The van der Waals surface area contributed by atoms with Crippen LogP contribution in [0, 0.1) is 23.5 Å². The Morgan fingerprint density at radius 3 is 2.38 bits per heavy atom. The number of rotatable bonds is 6. The van der Waals surface area contributed by atoms with Crippen molar-refractivity contribution in [1.29, 1.82) is 0 Å². The van der Waals surface area contributed by atoms with E-state index in [1.54, 1.807) is 0 Å². The average Bonchev–Trinajstić information content (AvgIpc) is 2.79. The van der Waals surface area contributed by atoms with Gasteiger partial charge < -0.3 is 4.74 Å². The first-order chi connectivity index (χ1) is 15.9. The summed E-state index contributed by atoms with van der Waals surface area (Å²) in [6, 6.07) is 7.37. The van der Waals surface area contributed by atoms with Crippen LogP contribution in [0.4, 0.5) is 8.78 Å². The van der Waals surface area contributed by atoms with Crippen molar-refractivity contribution in [1.82, 2.24) is 4.72 Å². The standard InChI is InChI=1S/C23H26ClF2NO5S2/c1-14(2)34(30,31)27-12-15-4-3-11-23(33(28,29)17-7-5-16(24)6-8-17)18(15)13-32-22-20(26)10-9-19(25)21(22)23/h5-10,14-15,18,27H,3-4,11-13H2,1-2H3/t15-,18-,23-/m0/s1. The van der Waals surface area contributed by atoms with Crippen LogP contribution in [0.3, 0.4) is 0 Å². The molecule has 1 saturated carbocycles. The number of sulfone groups is 1. The first kappa shape index (κ1) is 25.3. The minimum Gasteiger partial charge on any atom is -0.490 e. The molecule has 0 bridgehead atoms. The second-order valence-corrected chi connectivity index (χ2v) is 14.1. The molecule has 2 aliphatic rings. The molecule has 0 saturated heterocycles. The van der Waals surface area contributed by atoms with Gasteiger partial charge in [-0.25, -0.2) is 30.3 Å². The molecule has 0 unspecified atom stereocenters. The van der Waals surface area contributed by atoms with Crippen LogP contribution in [0.1, 0.15) is 38.7 Å². The number of ether oxygens (including phenoxy) is 1. The zero-order valence-electron chi connectivity index (χ0n) is 18.7. The van der Waals surface area contributed by atoms with Gasteiger partial charge in [0.1, 0.15) is 10.6 Å². The lowest BCUT2D eigenvalue weighted by Gasteiger charge is -2.50. The first-order valence-electron chi connectivity index (χ1n) is 11.0. The monoisotopic (exact) mass is 533 g/mol. The summed E-state index contributed by atoms with van der Waals surface area (Å²) in [7, 11) is -7.89. The Labute approximate surface area is 203 Å². The van der Waals surface area contributed by atoms with Crippen LogP contribution >= 0.6 is 11.6 Å². The van der Waals surface area contributed by atoms with E-state index in [0.29, 0.717) is 17.9 Å². The van der Waals surface area contributed by atoms with Gasteiger partial charge >= 0.3 is 0 Å². The number of benzene rings is 2. The Morgan fingerprint density at radius 1 is 1.09 bits per heavy atom. The maximum atomic E-state index is 15.3. The Hall–Kier alpha value is -1.75. The molecule has 0 aromatic heterocycles. The number of sulfonamides is 1. The molecule has 1 heterocycles. The minimum atomic E-state index is -4.28. The van der Waals surface area contributed by atoms with E-state index in [9.17, 15) is 21.2 Å². The van der Waals surface area contributed by atoms with Gasteiger partial charge in [0, 0.05) is 17.5 Å². The molecular formula is C23H26ClF2NO5S2. The molecule has 186 valence electrons. The summed E-state index contributed by atoms with van der Waals surface area (Å²) < 4.78 is 89.6. The predicted octanol–water partition coefficient (Wildman–Crippen LogP) is 4.42. The Bertz CT molecular complexity index is 1300. The third-order valence-corrected chi connectivity index (χ3v) is 11.6. The summed E-state index contributed by atoms with van der Waals surface area (Å²) in [5.74, 6) is -3.40. The number of hydrogen-bond acceptors (Lipinski definition) is 5. The van der Waals surface area contributed by atoms with Crippen molar-refractivity contribution in [3.05, 3.63) is 58.6 Å². The van der Waals surface area contributed by atoms with Crippen molar-refractivity contribution in [2.75, 3.05) is 13.2 Å². The largest absolute Gasteiger partial charge is 0.490 e. The summed E-state index contributed by atoms with van der Waals surface area (Å²) in [5, 5.41) is -0.337. The van der Waals surface area contributed by atoms with Gasteiger partial charge in [0.25, 0.3) is 0 Å². The summed E-state index contributed by atoms with van der Waals surface area (Å²) in [5.41, 5.74) is -0.324. The van der Waals surface area contributed by atoms with E-state index in [4.69, 9.17) is 16.3 Å². The topological polar surface area (TPSA) is 89.5 Å². The van der Waals surface area contributed by atoms with Gasteiger partial charge in [-0.1, -0.05) is 18.0 Å². The molecule has 0 radical (unpaired) electrons. The van der Waals surface area contributed by atoms with Gasteiger partial charge in [-0.2, -0.15) is 0 Å². The fourth-order valence-corrected chi connectivity index (χ4v) is 8.50. The Kier molecular flexibility index (Phi) is 6.74. The van der Waals surface area contributed by atoms with E-state index < -0.39 is 59.1 Å². The first-order valence-corrected chi connectivity index (χ1v) is 14.4. The SMILES string of the molecule is CC(C)S(=O)(=O)NC[C@@H]1CCC[C@@]2(S(=O)(=O)c3ccc(Cl)cc3)c3c(F)ccc(F)c3OC[C@@H]12. The van der Waals surface area contributed by atoms with Gasteiger partial charge in [0.15, 0.2) is 21.4 Å². The molecule has 1 N–H and O–H groups in total. The van der Waals surface area contributed by atoms with Crippen LogP contribution < -0.4 is 9.46 Å². The quantitative estimate of drug-likeness (QED) is 0.593. The minimum absolute atomic E-state index is 0.0291. The molecule has 4 rings (SSSR count). The van der Waals surface area contributed by atoms with Gasteiger partial charge in [-0.3, -0.25) is 0 Å². The van der Waals surface area contributed by atoms with E-state index >= 15 is 4.39 Å². The van der Waals surface area contributed by atoms with Crippen LogP contribution in [-0.2, 0) is 24.6 Å². The number of hydrogen-bond donors (Lipinski definition) is 1. The van der Waals surface area contributed by atoms with E-state index in [0.717, 1.165) is 12.1 Å². The van der Waals surface area contributed by atoms with Gasteiger partial charge in [0.05, 0.1) is 22.3 Å². The molecule has 1 aliphatic heterocycles. The number of halogens is 3. The van der Waals surface area contributed by atoms with Crippen molar-refractivity contribution < 1.29 is 30.4 Å². The zero-order chi connectivity index (χ0) is 24.9. The highest BCUT2D eigenvalue weighted by atomic mass is 35.5. The van der Waals surface area contributed by atoms with Crippen molar-refractivity contribution >= 4 is 31.5 Å². The van der Waals surface area contributed by atoms with Gasteiger partial charge in [-0.15, -0.1) is 0 Å². The molecule has 6 nitrogen and oxygen atoms in total. The zero-order valence-corrected chi connectivity index (χ0v) is 21.1. The lowest BCUT2D eigenvalue weighted by molar-refractivity contribution is 0.0770. The van der Waals surface area contributed by atoms with Crippen LogP contribution in [0.2, 0.25) is 5.02 Å². The summed E-state index contributed by atoms with van der Waals surface area (Å²) in [6.07, 6.45) is 0.943. The van der Waals surface area contributed by atoms with Crippen LogP contribution in [0.15, 0.2) is 41.3 Å². The second-order valence-electron chi connectivity index (χ2n) is 9.09. The summed E-state index contributed by atoms with van der Waals surface area (Å²) in [4.78, 5) is -0.0678. The second kappa shape index (κ2) is 9.04. The highest BCUT2D eigenvalue weighted by Gasteiger charge is 2.60. The van der Waals surface area contributed by atoms with E-state index in [-0.39, 0.29) is 30.0 Å². The lowest BCUT2D eigenvalue weighted by Crippen LogP contribution is -2.56. The van der Waals surface area contributed by atoms with E-state index in [1.807, 2.05) is 0 Å². The van der Waals surface area contributed by atoms with Crippen molar-refractivity contribution in [3.8, 4) is 5.75 Å². The molecule has 2 aromatic rings. The maximum Gasteiger partial charge on any atom is 0.213 e. The van der Waals surface area contributed by atoms with Crippen molar-refractivity contribution in [3.63, 3.8) is 0 Å². The molecule has 11 heteroatoms. The maximum absolute atomic E-state index is 15.3. The third-order valence-electron chi connectivity index (χ3n) is 6.95. The fraction of sp³-hybridized carbons (Fsp3) is 0.478. The Balaban J connectivity index is 1.90. The molecule has 2 aromatic carbocycles. The average molecular weight is 534 g/mol. The fourth-order valence-electron chi connectivity index (χ4n) is 5.14. The van der Waals surface area contributed by atoms with E-state index in [1.165, 1.54) is 38.1 Å². The summed E-state index contributed by atoms with van der Waals surface area (Å²) >= 11 is 5.95. The van der Waals surface area contributed by atoms with Crippen molar-refractivity contribution in [2.45, 2.75) is 48.0 Å². The van der Waals surface area contributed by atoms with Gasteiger partial charge in [0.2, 0.25) is 10.0 Å². The molecule has 34 heavy (non-hydrogen) atoms. The molecular weight excluding hydrogens is 508 g/mol. The van der Waals surface area contributed by atoms with Crippen LogP contribution in [-0.4, -0.2) is 35.2 Å². The van der Waals surface area contributed by atoms with E-state index in [2.05, 4.69) is 4.72 Å². The van der Waals surface area contributed by atoms with Gasteiger partial charge in [-0.05, 0) is 69.0 Å². The lowest BCUT2D eigenvalue weighted by atomic mass is 9.67. The third kappa shape index (κ3) is 4.02. The van der Waals surface area contributed by atoms with Crippen LogP contribution in [0.5, 0.6) is 5.75 Å². The molecule has 3 atom stereocenters. The van der Waals surface area contributed by atoms with Crippen molar-refractivity contribution in [2.24, 2.45) is 11.8 Å². The molecule has 0 spiro atoms. The summed E-state index contributed by atoms with van der Waals surface area (Å²) in [6.45, 7) is 2.86. The highest BCUT2D eigenvalue weighted by Crippen LogP contribution is 2.58. The highest BCUT2D eigenvalue weighted by molar-refractivity contribution is 7.92. The molecule has 1 aliphatic carbocycles. The Morgan fingerprint density at radius 2 is 1.74 bits per heavy atom. The predicted molar refractivity (Wildman–Crippen MR) is 125 cm³/mol.